The molecular formula is C22H21ClFN7O2. The van der Waals surface area contributed by atoms with E-state index in [1.165, 1.54) is 17.2 Å². The molecule has 4 N–H and O–H groups in total. The molecule has 0 bridgehead atoms. The fourth-order valence-electron chi connectivity index (χ4n) is 3.35. The van der Waals surface area contributed by atoms with Crippen LogP contribution in [0.5, 0.6) is 0 Å². The Balaban J connectivity index is 1.91. The summed E-state index contributed by atoms with van der Waals surface area (Å²) >= 11 is 5.85. The van der Waals surface area contributed by atoms with Gasteiger partial charge in [0.1, 0.15) is 5.71 Å². The first kappa shape index (κ1) is 23.7. The lowest BCUT2D eigenvalue weighted by Crippen LogP contribution is -2.40. The van der Waals surface area contributed by atoms with E-state index >= 15 is 0 Å². The first-order valence-electron chi connectivity index (χ1n) is 9.89. The molecule has 0 spiro atoms. The standard InChI is InChI=1S/C22H21ClFN7O2/c1-12-7-16(4-3-14(12)9-25)29-22(33)31-6-5-28-30-19(18(21(26)32)13(2)11-31)15-8-17(23)20(24)27-10-15/h3-4,7-8,10,28H,5-6,11H2,1-2H3,(H2,26,32)(H,29,33)/b18-13-,30-19-. The zero-order valence-electron chi connectivity index (χ0n) is 17.9. The molecule has 9 nitrogen and oxygen atoms in total. The number of nitriles is 1. The first-order valence-corrected chi connectivity index (χ1v) is 10.3. The first-order chi connectivity index (χ1) is 15.7. The second-order valence-corrected chi connectivity index (χ2v) is 7.79. The van der Waals surface area contributed by atoms with Crippen LogP contribution in [0.25, 0.3) is 0 Å². The molecule has 0 fully saturated rings. The second-order valence-electron chi connectivity index (χ2n) is 7.38. The predicted octanol–water partition coefficient (Wildman–Crippen LogP) is 2.70. The molecule has 1 aromatic carbocycles. The summed E-state index contributed by atoms with van der Waals surface area (Å²) in [6, 6.07) is 7.95. The average Bonchev–Trinajstić information content (AvgIpc) is 2.84. The van der Waals surface area contributed by atoms with Gasteiger partial charge in [-0.3, -0.25) is 4.79 Å². The van der Waals surface area contributed by atoms with Gasteiger partial charge in [0.2, 0.25) is 5.95 Å². The highest BCUT2D eigenvalue weighted by Crippen LogP contribution is 2.20. The van der Waals surface area contributed by atoms with Gasteiger partial charge in [0.25, 0.3) is 5.91 Å². The highest BCUT2D eigenvalue weighted by molar-refractivity contribution is 6.32. The van der Waals surface area contributed by atoms with Crippen molar-refractivity contribution < 1.29 is 14.0 Å². The molecule has 11 heteroatoms. The van der Waals surface area contributed by atoms with E-state index in [-0.39, 0.29) is 35.9 Å². The number of aryl methyl sites for hydroxylation is 1. The lowest BCUT2D eigenvalue weighted by Gasteiger charge is -2.23. The monoisotopic (exact) mass is 469 g/mol. The van der Waals surface area contributed by atoms with Gasteiger partial charge in [0.15, 0.2) is 0 Å². The number of hydrogen-bond acceptors (Lipinski definition) is 6. The molecule has 2 aromatic rings. The van der Waals surface area contributed by atoms with Gasteiger partial charge in [0.05, 0.1) is 28.8 Å². The summed E-state index contributed by atoms with van der Waals surface area (Å²) in [6.45, 7) is 4.06. The molecule has 170 valence electrons. The summed E-state index contributed by atoms with van der Waals surface area (Å²) in [4.78, 5) is 30.3. The summed E-state index contributed by atoms with van der Waals surface area (Å²) in [5.41, 5.74) is 11.2. The molecule has 0 saturated heterocycles. The number of carbonyl (C=O) groups excluding carboxylic acids is 2. The summed E-state index contributed by atoms with van der Waals surface area (Å²) in [5, 5.41) is 15.9. The van der Waals surface area contributed by atoms with E-state index in [2.05, 4.69) is 26.9 Å². The third-order valence-corrected chi connectivity index (χ3v) is 5.24. The Kier molecular flexibility index (Phi) is 7.25. The van der Waals surface area contributed by atoms with Crippen molar-refractivity contribution in [2.45, 2.75) is 13.8 Å². The molecule has 33 heavy (non-hydrogen) atoms. The maximum atomic E-state index is 13.5. The van der Waals surface area contributed by atoms with Crippen LogP contribution in [0.4, 0.5) is 14.9 Å². The van der Waals surface area contributed by atoms with Crippen LogP contribution in [-0.4, -0.2) is 47.2 Å². The SMILES string of the molecule is C/C1=C(C(N)=O)\C(c2cnc(F)c(Cl)c2)=N/NCCN(C(=O)Nc2ccc(C#N)c(C)c2)C1. The Morgan fingerprint density at radius 3 is 2.73 bits per heavy atom. The Morgan fingerprint density at radius 2 is 2.09 bits per heavy atom. The summed E-state index contributed by atoms with van der Waals surface area (Å²) in [6.07, 6.45) is 1.20. The topological polar surface area (TPSA) is 136 Å². The van der Waals surface area contributed by atoms with E-state index in [0.29, 0.717) is 22.4 Å². The largest absolute Gasteiger partial charge is 0.366 e. The lowest BCUT2D eigenvalue weighted by atomic mass is 9.98. The predicted molar refractivity (Wildman–Crippen MR) is 122 cm³/mol. The van der Waals surface area contributed by atoms with Crippen LogP contribution in [0, 0.1) is 24.2 Å². The minimum absolute atomic E-state index is 0.0703. The van der Waals surface area contributed by atoms with Crippen LogP contribution in [-0.2, 0) is 4.79 Å². The summed E-state index contributed by atoms with van der Waals surface area (Å²) < 4.78 is 13.5. The minimum atomic E-state index is -0.848. The Hall–Kier alpha value is -3.97. The van der Waals surface area contributed by atoms with Crippen molar-refractivity contribution >= 4 is 34.9 Å². The second kappa shape index (κ2) is 10.1. The third kappa shape index (κ3) is 5.45. The molecule has 1 aliphatic heterocycles. The molecule has 0 radical (unpaired) electrons. The Labute approximate surface area is 194 Å². The number of benzene rings is 1. The fraction of sp³-hybridized carbons (Fsp3) is 0.227. The molecular weight excluding hydrogens is 449 g/mol. The van der Waals surface area contributed by atoms with Crippen LogP contribution in [0.3, 0.4) is 0 Å². The Morgan fingerprint density at radius 1 is 1.33 bits per heavy atom. The van der Waals surface area contributed by atoms with Crippen LogP contribution >= 0.6 is 11.6 Å². The van der Waals surface area contributed by atoms with Crippen molar-refractivity contribution in [1.29, 1.82) is 5.26 Å². The number of aromatic nitrogens is 1. The number of amides is 3. The number of nitrogens with one attached hydrogen (secondary N) is 2. The molecule has 3 rings (SSSR count). The molecule has 3 amide bonds. The van der Waals surface area contributed by atoms with E-state index in [1.54, 1.807) is 32.0 Å². The van der Waals surface area contributed by atoms with Crippen molar-refractivity contribution in [1.82, 2.24) is 15.3 Å². The van der Waals surface area contributed by atoms with Crippen molar-refractivity contribution in [2.75, 3.05) is 25.0 Å². The highest BCUT2D eigenvalue weighted by atomic mass is 35.5. The van der Waals surface area contributed by atoms with Crippen LogP contribution < -0.4 is 16.5 Å². The van der Waals surface area contributed by atoms with E-state index in [0.717, 1.165) is 5.56 Å². The molecule has 0 atom stereocenters. The van der Waals surface area contributed by atoms with Crippen molar-refractivity contribution in [2.24, 2.45) is 10.8 Å². The van der Waals surface area contributed by atoms with Crippen molar-refractivity contribution in [3.63, 3.8) is 0 Å². The number of urea groups is 1. The number of hydrazone groups is 1. The zero-order chi connectivity index (χ0) is 24.1. The van der Waals surface area contributed by atoms with E-state index in [4.69, 9.17) is 22.6 Å². The lowest BCUT2D eigenvalue weighted by molar-refractivity contribution is -0.114. The van der Waals surface area contributed by atoms with Gasteiger partial charge in [-0.2, -0.15) is 14.8 Å². The summed E-state index contributed by atoms with van der Waals surface area (Å²) in [5.74, 6) is -1.61. The smallest absolute Gasteiger partial charge is 0.322 e. The van der Waals surface area contributed by atoms with Gasteiger partial charge < -0.3 is 21.4 Å². The van der Waals surface area contributed by atoms with Gasteiger partial charge in [0, 0.05) is 30.5 Å². The highest BCUT2D eigenvalue weighted by Gasteiger charge is 2.24. The molecule has 0 aliphatic carbocycles. The quantitative estimate of drug-likeness (QED) is 0.593. The van der Waals surface area contributed by atoms with Crippen molar-refractivity contribution in [3.05, 3.63) is 69.3 Å². The van der Waals surface area contributed by atoms with Gasteiger partial charge in [-0.25, -0.2) is 9.78 Å². The Bertz CT molecular complexity index is 1220. The number of pyridine rings is 1. The van der Waals surface area contributed by atoms with Crippen LogP contribution in [0.15, 0.2) is 46.7 Å². The van der Waals surface area contributed by atoms with Crippen molar-refractivity contribution in [3.8, 4) is 6.07 Å². The number of hydrogen-bond donors (Lipinski definition) is 3. The number of rotatable bonds is 3. The number of nitrogens with zero attached hydrogens (tertiary/aromatic N) is 4. The van der Waals surface area contributed by atoms with Crippen LogP contribution in [0.2, 0.25) is 5.02 Å². The number of halogens is 2. The van der Waals surface area contributed by atoms with Gasteiger partial charge >= 0.3 is 6.03 Å². The number of anilines is 1. The van der Waals surface area contributed by atoms with Gasteiger partial charge in [-0.15, -0.1) is 0 Å². The van der Waals surface area contributed by atoms with E-state index < -0.39 is 17.9 Å². The number of primary amides is 1. The maximum absolute atomic E-state index is 13.5. The third-order valence-electron chi connectivity index (χ3n) is 4.98. The van der Waals surface area contributed by atoms with Crippen LogP contribution in [0.1, 0.15) is 23.6 Å². The molecule has 1 aromatic heterocycles. The summed E-state index contributed by atoms with van der Waals surface area (Å²) in [7, 11) is 0. The molecule has 2 heterocycles. The number of nitrogens with two attached hydrogens (primary N) is 1. The fourth-order valence-corrected chi connectivity index (χ4v) is 3.52. The van der Waals surface area contributed by atoms with E-state index in [9.17, 15) is 14.0 Å². The molecule has 0 saturated carbocycles. The molecule has 1 aliphatic rings. The number of carbonyl (C=O) groups is 2. The van der Waals surface area contributed by atoms with Gasteiger partial charge in [-0.1, -0.05) is 11.6 Å². The molecule has 0 unspecified atom stereocenters. The zero-order valence-corrected chi connectivity index (χ0v) is 18.7. The normalized spacial score (nSPS) is 18.0. The van der Waals surface area contributed by atoms with E-state index in [1.807, 2.05) is 0 Å². The maximum Gasteiger partial charge on any atom is 0.322 e. The minimum Gasteiger partial charge on any atom is -0.366 e. The average molecular weight is 470 g/mol. The van der Waals surface area contributed by atoms with Gasteiger partial charge in [-0.05, 0) is 49.2 Å².